The number of nitrogens with one attached hydrogen (secondary N) is 1. The molecule has 8 heteroatoms. The van der Waals surface area contributed by atoms with Crippen molar-refractivity contribution in [3.05, 3.63) is 86.6 Å². The lowest BCUT2D eigenvalue weighted by Crippen LogP contribution is -2.46. The van der Waals surface area contributed by atoms with Crippen molar-refractivity contribution in [1.29, 1.82) is 5.26 Å². The Bertz CT molecular complexity index is 1230. The number of para-hydroxylation sites is 1. The number of benzene rings is 2. The maximum atomic E-state index is 12.5. The van der Waals surface area contributed by atoms with E-state index in [4.69, 9.17) is 27.6 Å². The normalized spacial score (nSPS) is 16.4. The fourth-order valence-corrected chi connectivity index (χ4v) is 4.08. The number of anilines is 1. The molecule has 1 atom stereocenters. The van der Waals surface area contributed by atoms with E-state index in [0.29, 0.717) is 27.1 Å². The maximum Gasteiger partial charge on any atom is 0.266 e. The van der Waals surface area contributed by atoms with E-state index in [0.717, 1.165) is 11.3 Å². The summed E-state index contributed by atoms with van der Waals surface area (Å²) in [6.45, 7) is 1.94. The first-order valence-corrected chi connectivity index (χ1v) is 10.1. The van der Waals surface area contributed by atoms with E-state index in [-0.39, 0.29) is 10.6 Å². The third-order valence-electron chi connectivity index (χ3n) is 4.78. The number of amides is 1. The fraction of sp³-hybridized carbons (Fsp3) is 0.0909. The van der Waals surface area contributed by atoms with E-state index >= 15 is 0 Å². The molecule has 0 aliphatic carbocycles. The third kappa shape index (κ3) is 3.56. The molecule has 0 radical (unpaired) electrons. The summed E-state index contributed by atoms with van der Waals surface area (Å²) < 4.78 is 6.06. The molecule has 0 spiro atoms. The van der Waals surface area contributed by atoms with Gasteiger partial charge in [0.1, 0.15) is 23.2 Å². The van der Waals surface area contributed by atoms with Crippen LogP contribution < -0.4 is 10.2 Å². The van der Waals surface area contributed by atoms with Crippen LogP contribution in [0, 0.1) is 18.3 Å². The van der Waals surface area contributed by atoms with Crippen LogP contribution in [0.4, 0.5) is 5.69 Å². The summed E-state index contributed by atoms with van der Waals surface area (Å²) in [7, 11) is 0. The number of carbonyl (C=O) groups is 1. The number of hydrogen-bond acceptors (Lipinski definition) is 5. The van der Waals surface area contributed by atoms with Gasteiger partial charge in [0.05, 0.1) is 10.1 Å². The zero-order valence-electron chi connectivity index (χ0n) is 15.7. The molecule has 30 heavy (non-hydrogen) atoms. The summed E-state index contributed by atoms with van der Waals surface area (Å²) in [5, 5.41) is 13.5. The minimum Gasteiger partial charge on any atom is -0.457 e. The number of carbonyl (C=O) groups excluding carboxylic acids is 1. The van der Waals surface area contributed by atoms with E-state index < -0.39 is 12.1 Å². The van der Waals surface area contributed by atoms with Gasteiger partial charge in [0.25, 0.3) is 5.91 Å². The van der Waals surface area contributed by atoms with Gasteiger partial charge in [-0.25, -0.2) is 0 Å². The van der Waals surface area contributed by atoms with Crippen LogP contribution in [0.25, 0.3) is 11.3 Å². The molecule has 0 saturated heterocycles. The third-order valence-corrected chi connectivity index (χ3v) is 5.79. The number of aryl methyl sites for hydroxylation is 1. The molecule has 5 nitrogen and oxygen atoms in total. The number of furan rings is 1. The van der Waals surface area contributed by atoms with Crippen LogP contribution in [0.2, 0.25) is 10.0 Å². The Hall–Kier alpha value is -2.85. The number of nitriles is 1. The second-order valence-electron chi connectivity index (χ2n) is 6.67. The molecule has 3 aromatic rings. The van der Waals surface area contributed by atoms with Crippen LogP contribution in [-0.4, -0.2) is 5.91 Å². The lowest BCUT2D eigenvalue weighted by Gasteiger charge is -2.37. The SMILES string of the molecule is Cc1ccccc1N1C(S)=C(C#N)C(=O)NC1c1ccc(-c2cc(Cl)ccc2Cl)o1. The Morgan fingerprint density at radius 2 is 1.93 bits per heavy atom. The van der Waals surface area contributed by atoms with Crippen molar-refractivity contribution < 1.29 is 9.21 Å². The second-order valence-corrected chi connectivity index (χ2v) is 7.94. The predicted molar refractivity (Wildman–Crippen MR) is 120 cm³/mol. The van der Waals surface area contributed by atoms with Gasteiger partial charge in [-0.05, 0) is 48.9 Å². The number of halogens is 2. The molecular weight excluding hydrogens is 441 g/mol. The number of nitrogens with zero attached hydrogens (tertiary/aromatic N) is 2. The zero-order chi connectivity index (χ0) is 21.4. The Kier molecular flexibility index (Phi) is 5.52. The van der Waals surface area contributed by atoms with Crippen molar-refractivity contribution >= 4 is 47.4 Å². The molecular formula is C22H15Cl2N3O2S. The summed E-state index contributed by atoms with van der Waals surface area (Å²) in [4.78, 5) is 14.3. The number of thiol groups is 1. The lowest BCUT2D eigenvalue weighted by atomic mass is 10.1. The summed E-state index contributed by atoms with van der Waals surface area (Å²) in [5.74, 6) is 0.449. The average Bonchev–Trinajstić information content (AvgIpc) is 3.20. The first-order valence-electron chi connectivity index (χ1n) is 8.95. The Morgan fingerprint density at radius 1 is 1.17 bits per heavy atom. The molecule has 150 valence electrons. The van der Waals surface area contributed by atoms with Crippen LogP contribution in [0.3, 0.4) is 0 Å². The monoisotopic (exact) mass is 455 g/mol. The molecule has 0 fully saturated rings. The van der Waals surface area contributed by atoms with Gasteiger partial charge in [0.2, 0.25) is 0 Å². The van der Waals surface area contributed by atoms with Crippen molar-refractivity contribution in [2.24, 2.45) is 0 Å². The molecule has 2 aromatic carbocycles. The number of rotatable bonds is 3. The maximum absolute atomic E-state index is 12.5. The van der Waals surface area contributed by atoms with Crippen LogP contribution in [0.5, 0.6) is 0 Å². The van der Waals surface area contributed by atoms with Gasteiger partial charge in [-0.2, -0.15) is 5.26 Å². The minimum absolute atomic E-state index is 0.0671. The van der Waals surface area contributed by atoms with Gasteiger partial charge in [0, 0.05) is 16.3 Å². The molecule has 2 heterocycles. The highest BCUT2D eigenvalue weighted by Gasteiger charge is 2.36. The van der Waals surface area contributed by atoms with Crippen LogP contribution in [-0.2, 0) is 4.79 Å². The summed E-state index contributed by atoms with van der Waals surface area (Å²) in [6.07, 6.45) is -0.699. The van der Waals surface area contributed by atoms with Crippen molar-refractivity contribution in [2.75, 3.05) is 4.90 Å². The van der Waals surface area contributed by atoms with Crippen LogP contribution in [0.1, 0.15) is 17.5 Å². The largest absolute Gasteiger partial charge is 0.457 e. The molecule has 1 unspecified atom stereocenters. The van der Waals surface area contributed by atoms with Gasteiger partial charge in [-0.1, -0.05) is 41.4 Å². The summed E-state index contributed by atoms with van der Waals surface area (Å²) >= 11 is 16.9. The van der Waals surface area contributed by atoms with Crippen LogP contribution in [0.15, 0.2) is 69.6 Å². The van der Waals surface area contributed by atoms with Crippen molar-refractivity contribution in [1.82, 2.24) is 5.32 Å². The van der Waals surface area contributed by atoms with E-state index in [1.54, 1.807) is 35.2 Å². The highest BCUT2D eigenvalue weighted by atomic mass is 35.5. The first-order chi connectivity index (χ1) is 14.4. The van der Waals surface area contributed by atoms with Gasteiger partial charge in [0.15, 0.2) is 6.17 Å². The average molecular weight is 456 g/mol. The molecule has 1 amide bonds. The molecule has 1 aliphatic rings. The highest BCUT2D eigenvalue weighted by molar-refractivity contribution is 7.84. The van der Waals surface area contributed by atoms with E-state index in [2.05, 4.69) is 17.9 Å². The second kappa shape index (κ2) is 8.11. The first kappa shape index (κ1) is 20.4. The number of hydrogen-bond donors (Lipinski definition) is 2. The topological polar surface area (TPSA) is 69.3 Å². The molecule has 0 bridgehead atoms. The van der Waals surface area contributed by atoms with Gasteiger partial charge < -0.3 is 14.6 Å². The van der Waals surface area contributed by atoms with Gasteiger partial charge >= 0.3 is 0 Å². The zero-order valence-corrected chi connectivity index (χ0v) is 18.1. The van der Waals surface area contributed by atoms with Crippen molar-refractivity contribution in [2.45, 2.75) is 13.1 Å². The Morgan fingerprint density at radius 3 is 2.67 bits per heavy atom. The Balaban J connectivity index is 1.83. The van der Waals surface area contributed by atoms with E-state index in [1.807, 2.05) is 37.3 Å². The molecule has 1 aliphatic heterocycles. The molecule has 4 rings (SSSR count). The molecule has 1 aromatic heterocycles. The smallest absolute Gasteiger partial charge is 0.266 e. The summed E-state index contributed by atoms with van der Waals surface area (Å²) in [5.41, 5.74) is 2.31. The van der Waals surface area contributed by atoms with Crippen molar-refractivity contribution in [3.8, 4) is 17.4 Å². The quantitative estimate of drug-likeness (QED) is 0.485. The van der Waals surface area contributed by atoms with Gasteiger partial charge in [-0.15, -0.1) is 12.6 Å². The van der Waals surface area contributed by atoms with E-state index in [1.165, 1.54) is 0 Å². The van der Waals surface area contributed by atoms with E-state index in [9.17, 15) is 10.1 Å². The highest BCUT2D eigenvalue weighted by Crippen LogP contribution is 2.39. The fourth-order valence-electron chi connectivity index (χ4n) is 3.32. The molecule has 0 saturated carbocycles. The molecule has 1 N–H and O–H groups in total. The Labute approximate surface area is 188 Å². The standard InChI is InChI=1S/C22H15Cl2N3O2S/c1-12-4-2-3-5-17(12)27-20(26-21(28)15(11-25)22(27)30)19-9-8-18(29-19)14-10-13(23)6-7-16(14)24/h2-10,20,30H,1H3,(H,26,28). The lowest BCUT2D eigenvalue weighted by molar-refractivity contribution is -0.118. The predicted octanol–water partition coefficient (Wildman–Crippen LogP) is 5.86. The van der Waals surface area contributed by atoms with Crippen LogP contribution >= 0.6 is 35.8 Å². The minimum atomic E-state index is -0.699. The van der Waals surface area contributed by atoms with Gasteiger partial charge in [-0.3, -0.25) is 4.79 Å². The van der Waals surface area contributed by atoms with Crippen molar-refractivity contribution in [3.63, 3.8) is 0 Å². The summed E-state index contributed by atoms with van der Waals surface area (Å²) in [6, 6.07) is 18.2.